The Morgan fingerprint density at radius 1 is 1.57 bits per heavy atom. The highest BCUT2D eigenvalue weighted by Crippen LogP contribution is 2.41. The van der Waals surface area contributed by atoms with Crippen molar-refractivity contribution in [2.75, 3.05) is 19.6 Å². The van der Waals surface area contributed by atoms with Crippen LogP contribution in [0.15, 0.2) is 11.8 Å². The molecule has 1 unspecified atom stereocenters. The van der Waals surface area contributed by atoms with Gasteiger partial charge in [0.1, 0.15) is 5.60 Å². The highest BCUT2D eigenvalue weighted by molar-refractivity contribution is 5.19. The van der Waals surface area contributed by atoms with Crippen LogP contribution in [0.2, 0.25) is 0 Å². The largest absolute Gasteiger partial charge is 0.300 e. The van der Waals surface area contributed by atoms with Gasteiger partial charge in [-0.15, -0.1) is 0 Å². The van der Waals surface area contributed by atoms with Gasteiger partial charge in [0, 0.05) is 12.2 Å². The molecular formula is C11H18N2O. The fraction of sp³-hybridized carbons (Fsp3) is 0.818. The summed E-state index contributed by atoms with van der Waals surface area (Å²) in [5.74, 6) is 0.740. The number of rotatable bonds is 1. The van der Waals surface area contributed by atoms with Crippen LogP contribution in [0.3, 0.4) is 0 Å². The van der Waals surface area contributed by atoms with Gasteiger partial charge in [-0.1, -0.05) is 6.92 Å². The Hall–Kier alpha value is -0.540. The number of piperidine rings is 3. The van der Waals surface area contributed by atoms with E-state index in [1.807, 2.05) is 0 Å². The lowest BCUT2D eigenvalue weighted by atomic mass is 9.75. The molecule has 0 aromatic carbocycles. The van der Waals surface area contributed by atoms with Crippen LogP contribution in [0.4, 0.5) is 0 Å². The predicted octanol–water partition coefficient (Wildman–Crippen LogP) is 1.28. The van der Waals surface area contributed by atoms with Gasteiger partial charge in [0.15, 0.2) is 0 Å². The Bertz CT molecular complexity index is 268. The van der Waals surface area contributed by atoms with E-state index in [0.29, 0.717) is 0 Å². The van der Waals surface area contributed by atoms with Crippen molar-refractivity contribution < 1.29 is 4.84 Å². The lowest BCUT2D eigenvalue weighted by Gasteiger charge is -2.49. The molecule has 3 heteroatoms. The van der Waals surface area contributed by atoms with Gasteiger partial charge >= 0.3 is 0 Å². The molecule has 4 aliphatic rings. The zero-order valence-electron chi connectivity index (χ0n) is 8.75. The first-order chi connectivity index (χ1) is 6.82. The molecule has 1 atom stereocenters. The standard InChI is InChI=1S/C11H18N2O/c1-2-10-7-11(14-12-10)8-13-5-3-9(11)4-6-13/h7,9,12H,2-6,8H2,1H3. The van der Waals surface area contributed by atoms with Gasteiger partial charge < -0.3 is 0 Å². The van der Waals surface area contributed by atoms with Gasteiger partial charge in [0.25, 0.3) is 0 Å². The third-order valence-corrected chi connectivity index (χ3v) is 3.92. The van der Waals surface area contributed by atoms with Gasteiger partial charge in [-0.3, -0.25) is 15.2 Å². The van der Waals surface area contributed by atoms with Crippen molar-refractivity contribution in [3.63, 3.8) is 0 Å². The van der Waals surface area contributed by atoms with Crippen molar-refractivity contribution in [2.45, 2.75) is 31.8 Å². The maximum atomic E-state index is 5.83. The van der Waals surface area contributed by atoms with E-state index in [1.165, 1.54) is 31.6 Å². The molecule has 0 radical (unpaired) electrons. The quantitative estimate of drug-likeness (QED) is 0.680. The minimum Gasteiger partial charge on any atom is -0.300 e. The first kappa shape index (κ1) is 8.74. The second kappa shape index (κ2) is 2.97. The lowest BCUT2D eigenvalue weighted by Crippen LogP contribution is -2.58. The molecule has 4 heterocycles. The van der Waals surface area contributed by atoms with Crippen molar-refractivity contribution in [2.24, 2.45) is 5.92 Å². The maximum absolute atomic E-state index is 5.83. The summed E-state index contributed by atoms with van der Waals surface area (Å²) in [6, 6.07) is 0. The SMILES string of the molecule is CCC1=CC2(CN3CCC2CC3)ON1. The third-order valence-electron chi connectivity index (χ3n) is 3.92. The molecule has 1 spiro atoms. The zero-order chi connectivity index (χ0) is 9.60. The van der Waals surface area contributed by atoms with Crippen LogP contribution in [-0.4, -0.2) is 30.1 Å². The molecule has 0 amide bonds. The Kier molecular flexibility index (Phi) is 1.86. The first-order valence-corrected chi connectivity index (χ1v) is 5.70. The monoisotopic (exact) mass is 194 g/mol. The molecule has 3 nitrogen and oxygen atoms in total. The molecule has 3 saturated heterocycles. The molecule has 2 bridgehead atoms. The minimum absolute atomic E-state index is 0.0157. The van der Waals surface area contributed by atoms with E-state index in [2.05, 4.69) is 23.4 Å². The summed E-state index contributed by atoms with van der Waals surface area (Å²) in [5, 5.41) is 0. The molecular weight excluding hydrogens is 176 g/mol. The van der Waals surface area contributed by atoms with E-state index in [4.69, 9.17) is 4.84 Å². The molecule has 1 N–H and O–H groups in total. The summed E-state index contributed by atoms with van der Waals surface area (Å²) >= 11 is 0. The number of hydroxylamine groups is 1. The Labute approximate surface area is 85.1 Å². The zero-order valence-corrected chi connectivity index (χ0v) is 8.75. The normalized spacial score (nSPS) is 45.4. The number of nitrogens with zero attached hydrogens (tertiary/aromatic N) is 1. The molecule has 4 rings (SSSR count). The number of fused-ring (bicyclic) bond motifs is 2. The Balaban J connectivity index is 1.87. The Morgan fingerprint density at radius 3 is 2.86 bits per heavy atom. The molecule has 0 saturated carbocycles. The predicted molar refractivity (Wildman–Crippen MR) is 54.5 cm³/mol. The highest BCUT2D eigenvalue weighted by atomic mass is 16.7. The van der Waals surface area contributed by atoms with E-state index < -0.39 is 0 Å². The lowest BCUT2D eigenvalue weighted by molar-refractivity contribution is -0.138. The third kappa shape index (κ3) is 1.12. The highest BCUT2D eigenvalue weighted by Gasteiger charge is 2.49. The summed E-state index contributed by atoms with van der Waals surface area (Å²) < 4.78 is 0. The van der Waals surface area contributed by atoms with Gasteiger partial charge in [0.2, 0.25) is 0 Å². The smallest absolute Gasteiger partial charge is 0.131 e. The average molecular weight is 194 g/mol. The molecule has 0 aromatic heterocycles. The molecule has 3 fully saturated rings. The van der Waals surface area contributed by atoms with Gasteiger partial charge in [-0.2, -0.15) is 0 Å². The minimum atomic E-state index is 0.0157. The van der Waals surface area contributed by atoms with Crippen molar-refractivity contribution in [3.05, 3.63) is 11.8 Å². The number of hydrogen-bond donors (Lipinski definition) is 1. The van der Waals surface area contributed by atoms with E-state index in [-0.39, 0.29) is 5.60 Å². The average Bonchev–Trinajstić information content (AvgIpc) is 2.63. The molecule has 14 heavy (non-hydrogen) atoms. The van der Waals surface area contributed by atoms with Crippen molar-refractivity contribution >= 4 is 0 Å². The van der Waals surface area contributed by atoms with Crippen LogP contribution >= 0.6 is 0 Å². The van der Waals surface area contributed by atoms with Gasteiger partial charge in [-0.05, 0) is 44.3 Å². The number of allylic oxidation sites excluding steroid dienone is 1. The second-order valence-electron chi connectivity index (χ2n) is 4.73. The molecule has 0 aromatic rings. The van der Waals surface area contributed by atoms with E-state index in [0.717, 1.165) is 18.9 Å². The maximum Gasteiger partial charge on any atom is 0.131 e. The van der Waals surface area contributed by atoms with E-state index in [1.54, 1.807) is 0 Å². The summed E-state index contributed by atoms with van der Waals surface area (Å²) in [6.45, 7) is 5.80. The summed E-state index contributed by atoms with van der Waals surface area (Å²) in [4.78, 5) is 8.36. The van der Waals surface area contributed by atoms with Gasteiger partial charge in [0.05, 0.1) is 0 Å². The topological polar surface area (TPSA) is 24.5 Å². The molecule has 78 valence electrons. The summed E-state index contributed by atoms with van der Waals surface area (Å²) in [6.07, 6.45) is 5.99. The van der Waals surface area contributed by atoms with Crippen molar-refractivity contribution in [1.29, 1.82) is 0 Å². The first-order valence-electron chi connectivity index (χ1n) is 5.70. The fourth-order valence-electron chi connectivity index (χ4n) is 3.03. The molecule has 0 aliphatic carbocycles. The van der Waals surface area contributed by atoms with E-state index >= 15 is 0 Å². The Morgan fingerprint density at radius 2 is 2.36 bits per heavy atom. The second-order valence-corrected chi connectivity index (χ2v) is 4.73. The summed E-state index contributed by atoms with van der Waals surface area (Å²) in [7, 11) is 0. The number of nitrogens with one attached hydrogen (secondary N) is 1. The van der Waals surface area contributed by atoms with Crippen LogP contribution in [0, 0.1) is 5.92 Å². The van der Waals surface area contributed by atoms with Crippen LogP contribution in [0.25, 0.3) is 0 Å². The number of hydrogen-bond acceptors (Lipinski definition) is 3. The van der Waals surface area contributed by atoms with Crippen LogP contribution < -0.4 is 5.48 Å². The summed E-state index contributed by atoms with van der Waals surface area (Å²) in [5.41, 5.74) is 4.36. The van der Waals surface area contributed by atoms with Crippen molar-refractivity contribution in [1.82, 2.24) is 10.4 Å². The van der Waals surface area contributed by atoms with E-state index in [9.17, 15) is 0 Å². The van der Waals surface area contributed by atoms with Crippen LogP contribution in [-0.2, 0) is 4.84 Å². The van der Waals surface area contributed by atoms with Crippen LogP contribution in [0.1, 0.15) is 26.2 Å². The van der Waals surface area contributed by atoms with Gasteiger partial charge in [-0.25, -0.2) is 0 Å². The molecule has 4 aliphatic heterocycles. The fourth-order valence-corrected chi connectivity index (χ4v) is 3.03. The van der Waals surface area contributed by atoms with Crippen molar-refractivity contribution in [3.8, 4) is 0 Å². The van der Waals surface area contributed by atoms with Crippen LogP contribution in [0.5, 0.6) is 0 Å².